The molecule has 0 spiro atoms. The minimum Gasteiger partial charge on any atom is -0.304 e. The summed E-state index contributed by atoms with van der Waals surface area (Å²) in [6, 6.07) is 4.69. The van der Waals surface area contributed by atoms with E-state index in [2.05, 4.69) is 36.2 Å². The molecule has 80 valence electrons. The van der Waals surface area contributed by atoms with E-state index in [-0.39, 0.29) is 0 Å². The lowest BCUT2D eigenvalue weighted by Crippen LogP contribution is -2.06. The van der Waals surface area contributed by atoms with Crippen LogP contribution in [0.1, 0.15) is 22.7 Å². The Kier molecular flexibility index (Phi) is 3.02. The number of aromatic amines is 1. The van der Waals surface area contributed by atoms with Crippen molar-refractivity contribution in [3.63, 3.8) is 0 Å². The summed E-state index contributed by atoms with van der Waals surface area (Å²) in [5, 5.41) is 6.70. The maximum absolute atomic E-state index is 5.13. The second-order valence-electron chi connectivity index (χ2n) is 3.63. The number of nitrogens with one attached hydrogen (secondary N) is 1. The number of aromatic nitrogens is 3. The molecule has 0 aliphatic rings. The van der Waals surface area contributed by atoms with E-state index in [0.717, 1.165) is 6.42 Å². The average Bonchev–Trinajstić information content (AvgIpc) is 2.75. The highest BCUT2D eigenvalue weighted by Crippen LogP contribution is 2.21. The first kappa shape index (κ1) is 10.6. The summed E-state index contributed by atoms with van der Waals surface area (Å²) >= 11 is 6.97. The fourth-order valence-electron chi connectivity index (χ4n) is 1.55. The van der Waals surface area contributed by atoms with Gasteiger partial charge in [-0.3, -0.25) is 5.10 Å². The molecule has 0 saturated carbocycles. The lowest BCUT2D eigenvalue weighted by Gasteiger charge is -2.10. The Morgan fingerprint density at radius 3 is 2.93 bits per heavy atom. The molecule has 2 aromatic heterocycles. The number of thiophene rings is 1. The molecule has 0 bridgehead atoms. The molecule has 1 atom stereocenters. The Hall–Kier alpha value is -0.940. The van der Waals surface area contributed by atoms with Gasteiger partial charge in [0.25, 0.3) is 0 Å². The summed E-state index contributed by atoms with van der Waals surface area (Å²) in [4.78, 5) is 2.75. The van der Waals surface area contributed by atoms with Crippen LogP contribution in [0.3, 0.4) is 0 Å². The molecule has 1 unspecified atom stereocenters. The first-order valence-electron chi connectivity index (χ1n) is 4.83. The molecule has 0 aromatic carbocycles. The van der Waals surface area contributed by atoms with E-state index in [4.69, 9.17) is 12.2 Å². The Morgan fingerprint density at radius 1 is 1.60 bits per heavy atom. The molecule has 0 radical (unpaired) electrons. The Labute approximate surface area is 97.8 Å². The van der Waals surface area contributed by atoms with Crippen LogP contribution in [-0.4, -0.2) is 14.8 Å². The van der Waals surface area contributed by atoms with Crippen molar-refractivity contribution in [1.82, 2.24) is 14.8 Å². The van der Waals surface area contributed by atoms with Gasteiger partial charge < -0.3 is 4.57 Å². The molecule has 0 aliphatic heterocycles. The monoisotopic (exact) mass is 239 g/mol. The summed E-state index contributed by atoms with van der Waals surface area (Å²) in [5.74, 6) is 0. The van der Waals surface area contributed by atoms with Crippen molar-refractivity contribution >= 4 is 23.6 Å². The maximum atomic E-state index is 5.13. The zero-order valence-electron chi connectivity index (χ0n) is 8.73. The van der Waals surface area contributed by atoms with Gasteiger partial charge in [-0.1, -0.05) is 0 Å². The zero-order valence-corrected chi connectivity index (χ0v) is 10.4. The third-order valence-corrected chi connectivity index (χ3v) is 3.67. The van der Waals surface area contributed by atoms with Crippen LogP contribution in [0.2, 0.25) is 0 Å². The maximum Gasteiger partial charge on any atom is 0.195 e. The predicted octanol–water partition coefficient (Wildman–Crippen LogP) is 3.11. The highest BCUT2D eigenvalue weighted by atomic mass is 32.1. The largest absolute Gasteiger partial charge is 0.304 e. The van der Waals surface area contributed by atoms with Crippen molar-refractivity contribution in [1.29, 1.82) is 0 Å². The number of aryl methyl sites for hydroxylation is 1. The van der Waals surface area contributed by atoms with Gasteiger partial charge in [0, 0.05) is 22.2 Å². The standard InChI is InChI=1S/C10H13N3S2/c1-7(13-6-11-12-10(13)14)5-9-4-3-8(2)15-9/h3-4,6-7H,5H2,1-2H3,(H,12,14). The molecule has 1 N–H and O–H groups in total. The van der Waals surface area contributed by atoms with Crippen LogP contribution in [0.4, 0.5) is 0 Å². The fourth-order valence-corrected chi connectivity index (χ4v) is 2.84. The van der Waals surface area contributed by atoms with E-state index in [1.54, 1.807) is 6.33 Å². The SMILES string of the molecule is Cc1ccc(CC(C)n2cn[nH]c2=S)s1. The van der Waals surface area contributed by atoms with Gasteiger partial charge >= 0.3 is 0 Å². The van der Waals surface area contributed by atoms with E-state index in [1.165, 1.54) is 9.75 Å². The van der Waals surface area contributed by atoms with E-state index in [1.807, 2.05) is 15.9 Å². The molecule has 2 heterocycles. The average molecular weight is 239 g/mol. The van der Waals surface area contributed by atoms with E-state index in [9.17, 15) is 0 Å². The lowest BCUT2D eigenvalue weighted by molar-refractivity contribution is 0.540. The highest BCUT2D eigenvalue weighted by molar-refractivity contribution is 7.71. The minimum absolute atomic E-state index is 0.356. The molecule has 0 saturated heterocycles. The van der Waals surface area contributed by atoms with Gasteiger partial charge in [0.1, 0.15) is 6.33 Å². The second-order valence-corrected chi connectivity index (χ2v) is 5.39. The third-order valence-electron chi connectivity index (χ3n) is 2.34. The topological polar surface area (TPSA) is 33.6 Å². The summed E-state index contributed by atoms with van der Waals surface area (Å²) in [6.45, 7) is 4.28. The van der Waals surface area contributed by atoms with Crippen molar-refractivity contribution in [2.75, 3.05) is 0 Å². The van der Waals surface area contributed by atoms with Gasteiger partial charge in [0.2, 0.25) is 0 Å². The van der Waals surface area contributed by atoms with Crippen LogP contribution in [0, 0.1) is 11.7 Å². The van der Waals surface area contributed by atoms with Gasteiger partial charge in [-0.2, -0.15) is 5.10 Å². The van der Waals surface area contributed by atoms with Crippen LogP contribution in [-0.2, 0) is 6.42 Å². The van der Waals surface area contributed by atoms with E-state index < -0.39 is 0 Å². The van der Waals surface area contributed by atoms with Gasteiger partial charge in [0.15, 0.2) is 4.77 Å². The molecule has 3 nitrogen and oxygen atoms in total. The van der Waals surface area contributed by atoms with Crippen LogP contribution in [0.5, 0.6) is 0 Å². The molecule has 15 heavy (non-hydrogen) atoms. The first-order valence-corrected chi connectivity index (χ1v) is 6.06. The molecule has 5 heteroatoms. The van der Waals surface area contributed by atoms with Crippen molar-refractivity contribution in [3.05, 3.63) is 33.0 Å². The molecular formula is C10H13N3S2. The summed E-state index contributed by atoms with van der Waals surface area (Å²) in [6.07, 6.45) is 2.76. The van der Waals surface area contributed by atoms with Crippen LogP contribution < -0.4 is 0 Å². The molecule has 2 aromatic rings. The van der Waals surface area contributed by atoms with Crippen molar-refractivity contribution in [2.45, 2.75) is 26.3 Å². The van der Waals surface area contributed by atoms with E-state index in [0.29, 0.717) is 10.8 Å². The molecule has 0 amide bonds. The summed E-state index contributed by atoms with van der Waals surface area (Å²) < 4.78 is 2.68. The number of nitrogens with zero attached hydrogens (tertiary/aromatic N) is 2. The minimum atomic E-state index is 0.356. The molecule has 0 aliphatic carbocycles. The predicted molar refractivity (Wildman–Crippen MR) is 64.9 cm³/mol. The zero-order chi connectivity index (χ0) is 10.8. The Bertz CT molecular complexity index is 494. The van der Waals surface area contributed by atoms with Crippen molar-refractivity contribution < 1.29 is 0 Å². The highest BCUT2D eigenvalue weighted by Gasteiger charge is 2.08. The van der Waals surface area contributed by atoms with Gasteiger partial charge in [-0.05, 0) is 38.2 Å². The first-order chi connectivity index (χ1) is 7.16. The summed E-state index contributed by atoms with van der Waals surface area (Å²) in [5.41, 5.74) is 0. The Morgan fingerprint density at radius 2 is 2.40 bits per heavy atom. The fraction of sp³-hybridized carbons (Fsp3) is 0.400. The van der Waals surface area contributed by atoms with Crippen molar-refractivity contribution in [3.8, 4) is 0 Å². The molecular weight excluding hydrogens is 226 g/mol. The van der Waals surface area contributed by atoms with Crippen LogP contribution >= 0.6 is 23.6 Å². The number of hydrogen-bond acceptors (Lipinski definition) is 3. The van der Waals surface area contributed by atoms with Crippen LogP contribution in [0.25, 0.3) is 0 Å². The normalized spacial score (nSPS) is 12.9. The van der Waals surface area contributed by atoms with Crippen molar-refractivity contribution in [2.24, 2.45) is 0 Å². The molecule has 0 fully saturated rings. The van der Waals surface area contributed by atoms with Gasteiger partial charge in [-0.15, -0.1) is 11.3 Å². The third kappa shape index (κ3) is 2.35. The van der Waals surface area contributed by atoms with E-state index >= 15 is 0 Å². The number of hydrogen-bond donors (Lipinski definition) is 1. The Balaban J connectivity index is 2.14. The lowest BCUT2D eigenvalue weighted by atomic mass is 10.2. The van der Waals surface area contributed by atoms with Gasteiger partial charge in [0.05, 0.1) is 0 Å². The molecule has 2 rings (SSSR count). The smallest absolute Gasteiger partial charge is 0.195 e. The quantitative estimate of drug-likeness (QED) is 0.835. The van der Waals surface area contributed by atoms with Crippen LogP contribution in [0.15, 0.2) is 18.5 Å². The van der Waals surface area contributed by atoms with Gasteiger partial charge in [-0.25, -0.2) is 0 Å². The number of rotatable bonds is 3. The number of H-pyrrole nitrogens is 1. The second kappa shape index (κ2) is 4.28. The summed E-state index contributed by atoms with van der Waals surface area (Å²) in [7, 11) is 0.